The van der Waals surface area contributed by atoms with Crippen LogP contribution in [0.2, 0.25) is 0 Å². The number of anilines is 1. The molecule has 1 aromatic carbocycles. The van der Waals surface area contributed by atoms with Crippen LogP contribution in [0.15, 0.2) is 57.6 Å². The number of hydrogen-bond donors (Lipinski definition) is 1. The van der Waals surface area contributed by atoms with Crippen molar-refractivity contribution in [3.8, 4) is 11.6 Å². The van der Waals surface area contributed by atoms with Gasteiger partial charge < -0.3 is 14.9 Å². The predicted molar refractivity (Wildman–Crippen MR) is 136 cm³/mol. The highest BCUT2D eigenvalue weighted by Gasteiger charge is 2.59. The van der Waals surface area contributed by atoms with Crippen LogP contribution in [0.3, 0.4) is 0 Å². The maximum Gasteiger partial charge on any atom is 0.238 e. The van der Waals surface area contributed by atoms with Crippen molar-refractivity contribution in [2.45, 2.75) is 32.1 Å². The lowest BCUT2D eigenvalue weighted by Gasteiger charge is -2.31. The third-order valence-electron chi connectivity index (χ3n) is 6.53. The third-order valence-corrected chi connectivity index (χ3v) is 6.89. The Morgan fingerprint density at radius 3 is 2.86 bits per heavy atom. The van der Waals surface area contributed by atoms with Crippen LogP contribution in [0, 0.1) is 28.9 Å². The van der Waals surface area contributed by atoms with Gasteiger partial charge in [0.1, 0.15) is 12.9 Å². The van der Waals surface area contributed by atoms with E-state index in [0.29, 0.717) is 11.7 Å². The number of carbonyl (C=O) groups excluding carboxylic acids is 1. The topological polar surface area (TPSA) is 85.7 Å². The average Bonchev–Trinajstić information content (AvgIpc) is 3.54. The number of rotatable bonds is 8. The van der Waals surface area contributed by atoms with E-state index in [1.165, 1.54) is 31.1 Å². The molecule has 4 rings (SSSR count). The number of carbonyl (C=O) groups is 1. The lowest BCUT2D eigenvalue weighted by molar-refractivity contribution is -0.118. The highest BCUT2D eigenvalue weighted by atomic mass is 127. The Kier molecular flexibility index (Phi) is 8.09. The molecule has 0 aliphatic heterocycles. The Hall–Kier alpha value is -2.89. The molecule has 2 fully saturated rings. The Bertz CT molecular complexity index is 1160. The van der Waals surface area contributed by atoms with Crippen molar-refractivity contribution in [3.63, 3.8) is 0 Å². The maximum absolute atomic E-state index is 13.8. The first-order chi connectivity index (χ1) is 16.9. The Morgan fingerprint density at radius 2 is 2.14 bits per heavy atom. The monoisotopic (exact) mass is 594 g/mol. The minimum Gasteiger partial charge on any atom is -0.434 e. The van der Waals surface area contributed by atoms with Gasteiger partial charge in [-0.15, -0.1) is 0 Å². The summed E-state index contributed by atoms with van der Waals surface area (Å²) < 4.78 is 34.1. The van der Waals surface area contributed by atoms with Gasteiger partial charge in [-0.25, -0.2) is 18.7 Å². The van der Waals surface area contributed by atoms with Crippen LogP contribution in [-0.4, -0.2) is 29.2 Å². The summed E-state index contributed by atoms with van der Waals surface area (Å²) in [4.78, 5) is 25.9. The van der Waals surface area contributed by atoms with E-state index in [-0.39, 0.29) is 28.9 Å². The Morgan fingerprint density at radius 1 is 1.29 bits per heavy atom. The molecular weight excluding hydrogens is 569 g/mol. The summed E-state index contributed by atoms with van der Waals surface area (Å²) >= 11 is 2.21. The van der Waals surface area contributed by atoms with E-state index in [2.05, 4.69) is 49.1 Å². The highest BCUT2D eigenvalue weighted by molar-refractivity contribution is 14.1. The molecule has 0 unspecified atom stereocenters. The first kappa shape index (κ1) is 25.2. The number of halogens is 3. The van der Waals surface area contributed by atoms with Crippen molar-refractivity contribution >= 4 is 40.5 Å². The number of hydrogen-bond acceptors (Lipinski definition) is 6. The number of benzene rings is 1. The molecule has 0 bridgehead atoms. The number of allylic oxidation sites excluding steroid dienone is 3. The largest absolute Gasteiger partial charge is 0.434 e. The van der Waals surface area contributed by atoms with Crippen LogP contribution in [0.1, 0.15) is 32.1 Å². The van der Waals surface area contributed by atoms with Gasteiger partial charge in [-0.3, -0.25) is 4.79 Å². The molecule has 0 radical (unpaired) electrons. The van der Waals surface area contributed by atoms with Crippen molar-refractivity contribution in [3.05, 3.63) is 64.0 Å². The second kappa shape index (κ2) is 11.2. The molecule has 1 amide bonds. The molecule has 2 aliphatic carbocycles. The van der Waals surface area contributed by atoms with Crippen molar-refractivity contribution in [2.24, 2.45) is 22.4 Å². The second-order valence-electron chi connectivity index (χ2n) is 8.71. The van der Waals surface area contributed by atoms with Gasteiger partial charge in [-0.1, -0.05) is 40.2 Å². The molecule has 7 nitrogen and oxygen atoms in total. The van der Waals surface area contributed by atoms with Crippen molar-refractivity contribution in [1.29, 1.82) is 0 Å². The van der Waals surface area contributed by atoms with E-state index in [9.17, 15) is 13.6 Å². The Balaban J connectivity index is 1.36. The molecule has 0 saturated heterocycles. The molecule has 2 aliphatic rings. The third kappa shape index (κ3) is 6.22. The molecule has 1 aromatic heterocycles. The van der Waals surface area contributed by atoms with E-state index in [4.69, 9.17) is 9.57 Å². The summed E-state index contributed by atoms with van der Waals surface area (Å²) in [5.41, 5.74) is 1.18. The molecule has 10 heteroatoms. The summed E-state index contributed by atoms with van der Waals surface area (Å²) in [7, 11) is 1.51. The van der Waals surface area contributed by atoms with Crippen LogP contribution >= 0.6 is 22.6 Å². The summed E-state index contributed by atoms with van der Waals surface area (Å²) in [6.07, 6.45) is 13.3. The first-order valence-corrected chi connectivity index (χ1v) is 12.5. The molecular formula is C25H25F2IN4O3. The Labute approximate surface area is 215 Å². The van der Waals surface area contributed by atoms with Gasteiger partial charge in [-0.05, 0) is 64.9 Å². The van der Waals surface area contributed by atoms with Crippen molar-refractivity contribution in [1.82, 2.24) is 9.97 Å². The predicted octanol–water partition coefficient (Wildman–Crippen LogP) is 6.19. The number of ether oxygens (including phenoxy) is 1. The fourth-order valence-electron chi connectivity index (χ4n) is 4.80. The summed E-state index contributed by atoms with van der Waals surface area (Å²) in [5.74, 6) is -1.17. The zero-order chi connectivity index (χ0) is 24.8. The molecule has 1 spiro atoms. The molecule has 35 heavy (non-hydrogen) atoms. The van der Waals surface area contributed by atoms with Gasteiger partial charge in [0.05, 0.1) is 18.6 Å². The number of amides is 1. The summed E-state index contributed by atoms with van der Waals surface area (Å²) in [5, 5.41) is 6.65. The number of aromatic nitrogens is 2. The quantitative estimate of drug-likeness (QED) is 0.171. The molecule has 1 heterocycles. The van der Waals surface area contributed by atoms with Crippen LogP contribution in [0.25, 0.3) is 0 Å². The van der Waals surface area contributed by atoms with Gasteiger partial charge in [0.25, 0.3) is 0 Å². The van der Waals surface area contributed by atoms with E-state index >= 15 is 0 Å². The SMILES string of the molecule is CO/N=C/C=C(\C=C/I)[C@@H]1CCC[C@@]2(C1)C[C@H]2C(=O)Nc1cnc(Oc2ccc(F)cc2F)cn1. The lowest BCUT2D eigenvalue weighted by Crippen LogP contribution is -2.24. The normalized spacial score (nSPS) is 24.2. The standard InChI is InChI=1S/C25H25F2IN4O3/c1-34-31-10-7-16(6-9-28)17-3-2-8-25(12-17)13-19(25)24(33)32-22-14-30-23(15-29-22)35-21-5-4-18(26)11-20(21)27/h4-7,9-11,14-15,17,19H,2-3,8,12-13H2,1H3,(H,29,32,33)/b9-6-,16-7+,31-10+/t17-,19+,25-/m1/s1. The highest BCUT2D eigenvalue weighted by Crippen LogP contribution is 2.63. The number of nitrogens with one attached hydrogen (secondary N) is 1. The minimum atomic E-state index is -0.841. The van der Waals surface area contributed by atoms with Crippen LogP contribution in [0.5, 0.6) is 11.6 Å². The molecule has 2 aromatic rings. The zero-order valence-corrected chi connectivity index (χ0v) is 21.2. The van der Waals surface area contributed by atoms with Crippen molar-refractivity contribution < 1.29 is 23.1 Å². The van der Waals surface area contributed by atoms with Crippen molar-refractivity contribution in [2.75, 3.05) is 12.4 Å². The number of oxime groups is 1. The van der Waals surface area contributed by atoms with Gasteiger partial charge in [0, 0.05) is 12.0 Å². The molecule has 184 valence electrons. The fraction of sp³-hybridized carbons (Fsp3) is 0.360. The molecule has 1 N–H and O–H groups in total. The van der Waals surface area contributed by atoms with E-state index < -0.39 is 11.6 Å². The van der Waals surface area contributed by atoms with Gasteiger partial charge in [0.15, 0.2) is 17.4 Å². The molecule has 2 saturated carbocycles. The average molecular weight is 594 g/mol. The van der Waals surface area contributed by atoms with Crippen LogP contribution in [-0.2, 0) is 9.63 Å². The lowest BCUT2D eigenvalue weighted by atomic mass is 9.74. The van der Waals surface area contributed by atoms with E-state index in [1.807, 2.05) is 10.2 Å². The zero-order valence-electron chi connectivity index (χ0n) is 19.1. The molecule has 3 atom stereocenters. The van der Waals surface area contributed by atoms with Gasteiger partial charge in [-0.2, -0.15) is 0 Å². The van der Waals surface area contributed by atoms with Gasteiger partial charge >= 0.3 is 0 Å². The second-order valence-corrected chi connectivity index (χ2v) is 9.43. The smallest absolute Gasteiger partial charge is 0.238 e. The van der Waals surface area contributed by atoms with E-state index in [1.54, 1.807) is 6.21 Å². The maximum atomic E-state index is 13.8. The summed E-state index contributed by atoms with van der Waals surface area (Å²) in [6, 6.07) is 2.99. The van der Waals surface area contributed by atoms with Crippen LogP contribution in [0.4, 0.5) is 14.6 Å². The first-order valence-electron chi connectivity index (χ1n) is 11.2. The van der Waals surface area contributed by atoms with Crippen LogP contribution < -0.4 is 10.1 Å². The van der Waals surface area contributed by atoms with E-state index in [0.717, 1.165) is 44.2 Å². The van der Waals surface area contributed by atoms with Gasteiger partial charge in [0.2, 0.25) is 11.8 Å². The number of nitrogens with zero attached hydrogens (tertiary/aromatic N) is 3. The summed E-state index contributed by atoms with van der Waals surface area (Å²) in [6.45, 7) is 0. The minimum absolute atomic E-state index is 0.000191. The fourth-order valence-corrected chi connectivity index (χ4v) is 5.21.